The minimum atomic E-state index is 1.18. The molecule has 0 bridgehead atoms. The molecule has 326 valence electrons. The van der Waals surface area contributed by atoms with Gasteiger partial charge in [0, 0.05) is 109 Å². The SMILES string of the molecule is CN(c1ccccc1)c1ccccc1.Cn1c2ccc(-n3c4ccccc4c4ccccc43)cc2c2cc(-n3c4ccccc4c4ccccc43)ccc21.Cn1c2ccccc2c2ccccc21. The summed E-state index contributed by atoms with van der Waals surface area (Å²) in [5.41, 5.74) is 14.8. The lowest BCUT2D eigenvalue weighted by atomic mass is 10.1. The molecule has 0 amide bonds. The van der Waals surface area contributed by atoms with Crippen LogP contribution in [-0.4, -0.2) is 25.3 Å². The minimum Gasteiger partial charge on any atom is -0.345 e. The van der Waals surface area contributed by atoms with E-state index in [1.807, 2.05) is 12.1 Å². The smallest absolute Gasteiger partial charge is 0.0541 e. The van der Waals surface area contributed by atoms with Gasteiger partial charge in [0.15, 0.2) is 0 Å². The van der Waals surface area contributed by atoms with Gasteiger partial charge in [-0.3, -0.25) is 0 Å². The van der Waals surface area contributed by atoms with E-state index < -0.39 is 0 Å². The van der Waals surface area contributed by atoms with E-state index in [2.05, 4.69) is 275 Å². The maximum atomic E-state index is 2.40. The van der Waals surface area contributed by atoms with Gasteiger partial charge in [-0.2, -0.15) is 0 Å². The largest absolute Gasteiger partial charge is 0.345 e. The zero-order chi connectivity index (χ0) is 45.7. The molecule has 0 N–H and O–H groups in total. The Balaban J connectivity index is 0.000000139. The Bertz CT molecular complexity index is 3760. The third kappa shape index (κ3) is 6.78. The normalized spacial score (nSPS) is 11.5. The van der Waals surface area contributed by atoms with Gasteiger partial charge in [0.2, 0.25) is 0 Å². The van der Waals surface area contributed by atoms with E-state index >= 15 is 0 Å². The van der Waals surface area contributed by atoms with Gasteiger partial charge in [0.25, 0.3) is 0 Å². The van der Waals surface area contributed by atoms with Crippen LogP contribution in [0.1, 0.15) is 0 Å². The van der Waals surface area contributed by atoms with E-state index in [9.17, 15) is 0 Å². The summed E-state index contributed by atoms with van der Waals surface area (Å²) >= 11 is 0. The highest BCUT2D eigenvalue weighted by atomic mass is 15.1. The van der Waals surface area contributed by atoms with Crippen LogP contribution in [0.4, 0.5) is 11.4 Å². The first-order valence-electron chi connectivity index (χ1n) is 23.3. The second-order valence-corrected chi connectivity index (χ2v) is 17.5. The number of para-hydroxylation sites is 8. The zero-order valence-electron chi connectivity index (χ0n) is 38.3. The highest BCUT2D eigenvalue weighted by Crippen LogP contribution is 2.38. The number of anilines is 2. The Labute approximate surface area is 395 Å². The van der Waals surface area contributed by atoms with E-state index in [1.54, 1.807) is 0 Å². The van der Waals surface area contributed by atoms with E-state index in [0.29, 0.717) is 0 Å². The summed E-state index contributed by atoms with van der Waals surface area (Å²) in [4.78, 5) is 2.17. The second kappa shape index (κ2) is 16.9. The van der Waals surface area contributed by atoms with E-state index in [4.69, 9.17) is 0 Å². The molecule has 0 aliphatic heterocycles. The first-order valence-corrected chi connectivity index (χ1v) is 23.3. The molecule has 0 fully saturated rings. The average Bonchev–Trinajstić information content (AvgIpc) is 4.11. The molecule has 14 aromatic rings. The number of rotatable bonds is 4. The number of aryl methyl sites for hydroxylation is 2. The quantitative estimate of drug-likeness (QED) is 0.173. The summed E-state index contributed by atoms with van der Waals surface area (Å²) < 4.78 is 9.36. The molecule has 0 aliphatic rings. The van der Waals surface area contributed by atoms with Crippen LogP contribution in [0, 0.1) is 0 Å². The Morgan fingerprint density at radius 3 is 0.824 bits per heavy atom. The Hall–Kier alpha value is -8.80. The predicted octanol–water partition coefficient (Wildman–Crippen LogP) is 16.3. The molecule has 5 heteroatoms. The van der Waals surface area contributed by atoms with Crippen LogP contribution in [0.3, 0.4) is 0 Å². The summed E-state index contributed by atoms with van der Waals surface area (Å²) in [7, 11) is 6.36. The van der Waals surface area contributed by atoms with Crippen LogP contribution in [-0.2, 0) is 14.1 Å². The first-order chi connectivity index (χ1) is 33.5. The monoisotopic (exact) mass is 875 g/mol. The summed E-state index contributed by atoms with van der Waals surface area (Å²) in [6.45, 7) is 0. The van der Waals surface area contributed by atoms with E-state index in [0.717, 1.165) is 0 Å². The molecule has 0 atom stereocenters. The van der Waals surface area contributed by atoms with Crippen LogP contribution in [0.25, 0.3) is 98.6 Å². The number of aromatic nitrogens is 4. The maximum absolute atomic E-state index is 2.40. The maximum Gasteiger partial charge on any atom is 0.0541 e. The van der Waals surface area contributed by atoms with E-state index in [-0.39, 0.29) is 0 Å². The Kier molecular flexibility index (Phi) is 10.1. The molecule has 0 spiro atoms. The van der Waals surface area contributed by atoms with Gasteiger partial charge in [-0.25, -0.2) is 0 Å². The number of hydrogen-bond donors (Lipinski definition) is 0. The molecule has 4 aromatic heterocycles. The molecular formula is C63H49N5. The van der Waals surface area contributed by atoms with Gasteiger partial charge in [-0.15, -0.1) is 0 Å². The third-order valence-corrected chi connectivity index (χ3v) is 13.8. The molecule has 5 nitrogen and oxygen atoms in total. The highest BCUT2D eigenvalue weighted by Gasteiger charge is 2.17. The third-order valence-electron chi connectivity index (χ3n) is 13.8. The van der Waals surface area contributed by atoms with Gasteiger partial charge in [0.1, 0.15) is 0 Å². The lowest BCUT2D eigenvalue weighted by Crippen LogP contribution is -2.08. The van der Waals surface area contributed by atoms with Gasteiger partial charge < -0.3 is 23.2 Å². The van der Waals surface area contributed by atoms with Crippen LogP contribution in [0.5, 0.6) is 0 Å². The number of benzene rings is 10. The van der Waals surface area contributed by atoms with Crippen LogP contribution >= 0.6 is 0 Å². The van der Waals surface area contributed by atoms with Crippen LogP contribution < -0.4 is 4.90 Å². The summed E-state index contributed by atoms with van der Waals surface area (Å²) in [5.74, 6) is 0. The van der Waals surface area contributed by atoms with Crippen molar-refractivity contribution in [3.8, 4) is 11.4 Å². The summed E-state index contributed by atoms with van der Waals surface area (Å²) in [5, 5.41) is 10.3. The van der Waals surface area contributed by atoms with Gasteiger partial charge in [-0.1, -0.05) is 146 Å². The number of nitrogens with zero attached hydrogens (tertiary/aromatic N) is 5. The van der Waals surface area contributed by atoms with Crippen molar-refractivity contribution in [3.05, 3.63) is 243 Å². The fourth-order valence-corrected chi connectivity index (χ4v) is 10.4. The molecule has 10 aromatic carbocycles. The lowest BCUT2D eigenvalue weighted by molar-refractivity contribution is 1.01. The fraction of sp³-hybridized carbons (Fsp3) is 0.0476. The molecule has 14 rings (SSSR count). The molecule has 0 radical (unpaired) electrons. The molecule has 0 aliphatic carbocycles. The molecule has 0 saturated carbocycles. The van der Waals surface area contributed by atoms with Gasteiger partial charge in [-0.05, 0) is 97.1 Å². The van der Waals surface area contributed by atoms with Crippen molar-refractivity contribution in [2.75, 3.05) is 11.9 Å². The standard InChI is InChI=1S/C37H25N3.C13H11N.C13H13N/c1-38-32-20-18-24(39-34-14-6-2-10-26(34)27-11-3-7-15-35(27)39)22-30(32)31-23-25(19-21-33(31)38)40-36-16-8-4-12-28(36)29-13-5-9-17-37(29)40;1-14-12-8-4-2-6-10(12)11-7-3-5-9-13(11)14;1-14(12-8-4-2-5-9-12)13-10-6-3-7-11-13/h2-23H,1H3;2-9H,1H3;2-11H,1H3. The topological polar surface area (TPSA) is 23.0 Å². The highest BCUT2D eigenvalue weighted by molar-refractivity contribution is 6.13. The number of fused-ring (bicyclic) bond motifs is 12. The molecular weight excluding hydrogens is 827 g/mol. The van der Waals surface area contributed by atoms with Crippen molar-refractivity contribution in [2.24, 2.45) is 14.1 Å². The van der Waals surface area contributed by atoms with Crippen LogP contribution in [0.15, 0.2) is 243 Å². The van der Waals surface area contributed by atoms with Gasteiger partial charge in [0.05, 0.1) is 22.1 Å². The average molecular weight is 876 g/mol. The Morgan fingerprint density at radius 2 is 0.500 bits per heavy atom. The molecule has 68 heavy (non-hydrogen) atoms. The fourth-order valence-electron chi connectivity index (χ4n) is 10.4. The minimum absolute atomic E-state index is 1.18. The number of hydrogen-bond acceptors (Lipinski definition) is 1. The van der Waals surface area contributed by atoms with E-state index in [1.165, 1.54) is 110 Å². The molecule has 4 heterocycles. The van der Waals surface area contributed by atoms with Crippen molar-refractivity contribution in [3.63, 3.8) is 0 Å². The predicted molar refractivity (Wildman–Crippen MR) is 290 cm³/mol. The second-order valence-electron chi connectivity index (χ2n) is 17.5. The zero-order valence-corrected chi connectivity index (χ0v) is 38.3. The van der Waals surface area contributed by atoms with Gasteiger partial charge >= 0.3 is 0 Å². The van der Waals surface area contributed by atoms with Crippen molar-refractivity contribution in [1.29, 1.82) is 0 Å². The van der Waals surface area contributed by atoms with Crippen molar-refractivity contribution in [2.45, 2.75) is 0 Å². The Morgan fingerprint density at radius 1 is 0.250 bits per heavy atom. The molecule has 0 saturated heterocycles. The van der Waals surface area contributed by atoms with Crippen molar-refractivity contribution >= 4 is 98.6 Å². The van der Waals surface area contributed by atoms with Crippen LogP contribution in [0.2, 0.25) is 0 Å². The lowest BCUT2D eigenvalue weighted by Gasteiger charge is -2.18. The molecule has 0 unspecified atom stereocenters. The summed E-state index contributed by atoms with van der Waals surface area (Å²) in [6, 6.07) is 86.3. The van der Waals surface area contributed by atoms with Crippen molar-refractivity contribution in [1.82, 2.24) is 18.3 Å². The summed E-state index contributed by atoms with van der Waals surface area (Å²) in [6.07, 6.45) is 0. The first kappa shape index (κ1) is 40.7. The van der Waals surface area contributed by atoms with Crippen molar-refractivity contribution < 1.29 is 0 Å².